The maximum Gasteiger partial charge on any atom is 0.410 e. The minimum absolute atomic E-state index is 0.217. The van der Waals surface area contributed by atoms with Gasteiger partial charge in [-0.05, 0) is 80.8 Å². The number of rotatable bonds is 2. The maximum atomic E-state index is 12.2. The third-order valence-corrected chi connectivity index (χ3v) is 4.65. The van der Waals surface area contributed by atoms with Crippen LogP contribution in [0.15, 0.2) is 18.2 Å². The Morgan fingerprint density at radius 2 is 2.09 bits per heavy atom. The Balaban J connectivity index is 1.92. The average molecular weight is 451 g/mol. The van der Waals surface area contributed by atoms with Crippen molar-refractivity contribution in [1.29, 1.82) is 0 Å². The molecular weight excluding hydrogens is 427 g/mol. The van der Waals surface area contributed by atoms with E-state index in [0.29, 0.717) is 12.6 Å². The van der Waals surface area contributed by atoms with E-state index >= 15 is 0 Å². The second kappa shape index (κ2) is 7.92. The van der Waals surface area contributed by atoms with Gasteiger partial charge in [0.15, 0.2) is 0 Å². The molecule has 1 unspecified atom stereocenters. The zero-order valence-corrected chi connectivity index (χ0v) is 16.8. The highest BCUT2D eigenvalue weighted by Gasteiger charge is 2.25. The van der Waals surface area contributed by atoms with Gasteiger partial charge in [-0.25, -0.2) is 4.79 Å². The molecule has 1 saturated heterocycles. The van der Waals surface area contributed by atoms with E-state index in [4.69, 9.17) is 16.3 Å². The molecule has 4 nitrogen and oxygen atoms in total. The van der Waals surface area contributed by atoms with Crippen molar-refractivity contribution in [2.75, 3.05) is 18.4 Å². The van der Waals surface area contributed by atoms with Crippen molar-refractivity contribution in [2.24, 2.45) is 0 Å². The van der Waals surface area contributed by atoms with Crippen LogP contribution in [0.4, 0.5) is 10.5 Å². The molecule has 1 atom stereocenters. The number of likely N-dealkylation sites (tertiary alicyclic amines) is 1. The van der Waals surface area contributed by atoms with Crippen LogP contribution < -0.4 is 5.32 Å². The summed E-state index contributed by atoms with van der Waals surface area (Å²) in [6.07, 6.45) is 2.65. The Hall–Kier alpha value is -0.690. The van der Waals surface area contributed by atoms with E-state index in [-0.39, 0.29) is 6.09 Å². The summed E-state index contributed by atoms with van der Waals surface area (Å²) in [6, 6.07) is 6.33. The van der Waals surface area contributed by atoms with Crippen molar-refractivity contribution in [3.63, 3.8) is 0 Å². The highest BCUT2D eigenvalue weighted by atomic mass is 127. The quantitative estimate of drug-likeness (QED) is 0.634. The highest BCUT2D eigenvalue weighted by molar-refractivity contribution is 14.1. The van der Waals surface area contributed by atoms with E-state index in [1.54, 1.807) is 0 Å². The van der Waals surface area contributed by atoms with Gasteiger partial charge < -0.3 is 15.0 Å². The normalized spacial score (nSPS) is 19.2. The van der Waals surface area contributed by atoms with Crippen LogP contribution in [0.5, 0.6) is 0 Å². The van der Waals surface area contributed by atoms with Gasteiger partial charge in [0.1, 0.15) is 5.60 Å². The molecule has 6 heteroatoms. The molecule has 1 heterocycles. The molecule has 1 fully saturated rings. The van der Waals surface area contributed by atoms with Crippen molar-refractivity contribution in [3.05, 3.63) is 26.8 Å². The average Bonchev–Trinajstić information content (AvgIpc) is 2.66. The van der Waals surface area contributed by atoms with Crippen molar-refractivity contribution in [1.82, 2.24) is 4.90 Å². The number of halogens is 2. The lowest BCUT2D eigenvalue weighted by atomic mass is 10.1. The monoisotopic (exact) mass is 450 g/mol. The predicted octanol–water partition coefficient (Wildman–Crippen LogP) is 5.15. The lowest BCUT2D eigenvalue weighted by Crippen LogP contribution is -2.37. The van der Waals surface area contributed by atoms with Gasteiger partial charge >= 0.3 is 6.09 Å². The highest BCUT2D eigenvalue weighted by Crippen LogP contribution is 2.26. The standard InChI is InChI=1S/C17H24ClIN2O2/c1-17(2,3)23-16(22)21-9-4-5-13(8-10-21)20-15-7-6-12(19)11-14(15)18/h6-7,11,13,20H,4-5,8-10H2,1-3H3. The van der Waals surface area contributed by atoms with Crippen LogP contribution in [-0.4, -0.2) is 35.7 Å². The first kappa shape index (κ1) is 18.6. The Kier molecular flexibility index (Phi) is 6.42. The first-order valence-corrected chi connectivity index (χ1v) is 9.40. The second-order valence-corrected chi connectivity index (χ2v) is 8.52. The van der Waals surface area contributed by atoms with Crippen LogP contribution >= 0.6 is 34.2 Å². The van der Waals surface area contributed by atoms with Gasteiger partial charge in [-0.2, -0.15) is 0 Å². The number of nitrogens with one attached hydrogen (secondary N) is 1. The van der Waals surface area contributed by atoms with E-state index in [1.165, 1.54) is 0 Å². The number of anilines is 1. The molecule has 0 saturated carbocycles. The third-order valence-electron chi connectivity index (χ3n) is 3.67. The maximum absolute atomic E-state index is 12.2. The Labute approximate surface area is 157 Å². The predicted molar refractivity (Wildman–Crippen MR) is 103 cm³/mol. The summed E-state index contributed by atoms with van der Waals surface area (Å²) in [5.74, 6) is 0. The second-order valence-electron chi connectivity index (χ2n) is 6.86. The summed E-state index contributed by atoms with van der Waals surface area (Å²) >= 11 is 8.54. The topological polar surface area (TPSA) is 41.6 Å². The molecule has 0 bridgehead atoms. The van der Waals surface area contributed by atoms with Gasteiger partial charge in [-0.1, -0.05) is 11.6 Å². The molecule has 23 heavy (non-hydrogen) atoms. The molecule has 0 radical (unpaired) electrons. The van der Waals surface area contributed by atoms with Crippen molar-refractivity contribution < 1.29 is 9.53 Å². The third kappa shape index (κ3) is 6.03. The van der Waals surface area contributed by atoms with Crippen LogP contribution in [0.25, 0.3) is 0 Å². The fourth-order valence-corrected chi connectivity index (χ4v) is 3.49. The number of ether oxygens (including phenoxy) is 1. The molecule has 0 aromatic heterocycles. The molecule has 128 valence electrons. The van der Waals surface area contributed by atoms with Crippen LogP contribution in [0, 0.1) is 3.57 Å². The van der Waals surface area contributed by atoms with Crippen LogP contribution in [0.2, 0.25) is 5.02 Å². The lowest BCUT2D eigenvalue weighted by molar-refractivity contribution is 0.0256. The number of hydrogen-bond acceptors (Lipinski definition) is 3. The molecule has 1 aliphatic rings. The SMILES string of the molecule is CC(C)(C)OC(=O)N1CCCC(Nc2ccc(I)cc2Cl)CC1. The largest absolute Gasteiger partial charge is 0.444 e. The minimum atomic E-state index is -0.449. The van der Waals surface area contributed by atoms with Crippen LogP contribution in [-0.2, 0) is 4.74 Å². The van der Waals surface area contributed by atoms with E-state index < -0.39 is 5.60 Å². The van der Waals surface area contributed by atoms with Gasteiger partial charge in [0.05, 0.1) is 10.7 Å². The fourth-order valence-electron chi connectivity index (χ4n) is 2.58. The summed E-state index contributed by atoms with van der Waals surface area (Å²) in [7, 11) is 0. The summed E-state index contributed by atoms with van der Waals surface area (Å²) in [5, 5.41) is 4.25. The number of amides is 1. The van der Waals surface area contributed by atoms with Gasteiger partial charge in [-0.3, -0.25) is 0 Å². The molecule has 1 aromatic carbocycles. The number of carbonyl (C=O) groups is 1. The zero-order chi connectivity index (χ0) is 17.0. The van der Waals surface area contributed by atoms with Crippen molar-refractivity contribution >= 4 is 46.0 Å². The Morgan fingerprint density at radius 3 is 2.74 bits per heavy atom. The fraction of sp³-hybridized carbons (Fsp3) is 0.588. The Morgan fingerprint density at radius 1 is 1.35 bits per heavy atom. The first-order valence-electron chi connectivity index (χ1n) is 7.94. The smallest absolute Gasteiger partial charge is 0.410 e. The number of carbonyl (C=O) groups excluding carboxylic acids is 1. The number of benzene rings is 1. The molecule has 2 rings (SSSR count). The minimum Gasteiger partial charge on any atom is -0.444 e. The first-order chi connectivity index (χ1) is 10.7. The Bertz CT molecular complexity index is 560. The molecule has 1 amide bonds. The molecule has 0 aliphatic carbocycles. The summed E-state index contributed by atoms with van der Waals surface area (Å²) in [5.41, 5.74) is 0.512. The summed E-state index contributed by atoms with van der Waals surface area (Å²) < 4.78 is 6.58. The number of nitrogens with zero attached hydrogens (tertiary/aromatic N) is 1. The number of hydrogen-bond donors (Lipinski definition) is 1. The van der Waals surface area contributed by atoms with Crippen molar-refractivity contribution in [2.45, 2.75) is 51.7 Å². The molecule has 1 aliphatic heterocycles. The lowest BCUT2D eigenvalue weighted by Gasteiger charge is -2.26. The van der Waals surface area contributed by atoms with Gasteiger partial charge in [0.2, 0.25) is 0 Å². The molecule has 1 aromatic rings. The van der Waals surface area contributed by atoms with E-state index in [9.17, 15) is 4.79 Å². The van der Waals surface area contributed by atoms with E-state index in [2.05, 4.69) is 27.9 Å². The van der Waals surface area contributed by atoms with Crippen LogP contribution in [0.1, 0.15) is 40.0 Å². The van der Waals surface area contributed by atoms with Crippen LogP contribution in [0.3, 0.4) is 0 Å². The van der Waals surface area contributed by atoms with Gasteiger partial charge in [-0.15, -0.1) is 0 Å². The molecule has 1 N–H and O–H groups in total. The molecule has 0 spiro atoms. The zero-order valence-electron chi connectivity index (χ0n) is 13.9. The molecular formula is C17H24ClIN2O2. The van der Waals surface area contributed by atoms with E-state index in [1.807, 2.05) is 43.9 Å². The van der Waals surface area contributed by atoms with Gasteiger partial charge in [0, 0.05) is 22.7 Å². The van der Waals surface area contributed by atoms with Crippen molar-refractivity contribution in [3.8, 4) is 0 Å². The van der Waals surface area contributed by atoms with Gasteiger partial charge in [0.25, 0.3) is 0 Å². The summed E-state index contributed by atoms with van der Waals surface area (Å²) in [6.45, 7) is 7.13. The van der Waals surface area contributed by atoms with E-state index in [0.717, 1.165) is 40.1 Å². The summed E-state index contributed by atoms with van der Waals surface area (Å²) in [4.78, 5) is 14.0.